The topological polar surface area (TPSA) is 9.23 Å². The molecule has 0 aliphatic carbocycles. The molecular weight excluding hydrogens is 167 g/mol. The van der Waals surface area contributed by atoms with Gasteiger partial charge in [-0.15, -0.1) is 0 Å². The molecule has 0 heterocycles. The first-order chi connectivity index (χ1) is 6.24. The molecule has 1 aromatic rings. The van der Waals surface area contributed by atoms with Crippen LogP contribution in [-0.4, -0.2) is 7.11 Å². The van der Waals surface area contributed by atoms with Gasteiger partial charge in [0.1, 0.15) is 5.82 Å². The van der Waals surface area contributed by atoms with Crippen LogP contribution >= 0.6 is 0 Å². The smallest absolute Gasteiger partial charge is 0.123 e. The summed E-state index contributed by atoms with van der Waals surface area (Å²) >= 11 is 0. The van der Waals surface area contributed by atoms with E-state index in [4.69, 9.17) is 4.74 Å². The molecule has 0 fully saturated rings. The van der Waals surface area contributed by atoms with Crippen LogP contribution in [0.25, 0.3) is 0 Å². The highest BCUT2D eigenvalue weighted by Gasteiger charge is 2.01. The molecule has 0 saturated carbocycles. The zero-order valence-corrected chi connectivity index (χ0v) is 8.67. The molecule has 1 aromatic carbocycles. The van der Waals surface area contributed by atoms with Crippen molar-refractivity contribution in [3.05, 3.63) is 35.6 Å². The standard InChI is InChI=1S/C9H11FO.C2H6/c1-7(11-2)8-3-5-9(10)6-4-8;1-2/h3-7H,1-2H3;1-2H3. The van der Waals surface area contributed by atoms with E-state index in [1.807, 2.05) is 20.8 Å². The van der Waals surface area contributed by atoms with E-state index >= 15 is 0 Å². The Hall–Kier alpha value is -0.890. The second kappa shape index (κ2) is 6.61. The molecule has 1 atom stereocenters. The highest BCUT2D eigenvalue weighted by atomic mass is 19.1. The zero-order chi connectivity index (χ0) is 10.3. The molecule has 1 unspecified atom stereocenters. The number of benzene rings is 1. The Balaban J connectivity index is 0.000000671. The Morgan fingerprint density at radius 2 is 1.62 bits per heavy atom. The molecule has 1 nitrogen and oxygen atoms in total. The lowest BCUT2D eigenvalue weighted by molar-refractivity contribution is 0.119. The van der Waals surface area contributed by atoms with Crippen molar-refractivity contribution in [2.75, 3.05) is 7.11 Å². The van der Waals surface area contributed by atoms with Crippen LogP contribution in [0.15, 0.2) is 24.3 Å². The van der Waals surface area contributed by atoms with Gasteiger partial charge in [-0.25, -0.2) is 4.39 Å². The van der Waals surface area contributed by atoms with Gasteiger partial charge in [-0.3, -0.25) is 0 Å². The first-order valence-electron chi connectivity index (χ1n) is 4.52. The van der Waals surface area contributed by atoms with E-state index in [1.54, 1.807) is 19.2 Å². The van der Waals surface area contributed by atoms with Crippen LogP contribution in [0, 0.1) is 5.82 Å². The average Bonchev–Trinajstić information content (AvgIpc) is 2.21. The van der Waals surface area contributed by atoms with Gasteiger partial charge in [0.25, 0.3) is 0 Å². The molecule has 0 N–H and O–H groups in total. The molecule has 0 saturated heterocycles. The maximum Gasteiger partial charge on any atom is 0.123 e. The van der Waals surface area contributed by atoms with Crippen molar-refractivity contribution in [3.8, 4) is 0 Å². The summed E-state index contributed by atoms with van der Waals surface area (Å²) in [6.07, 6.45) is 0.0376. The third-order valence-electron chi connectivity index (χ3n) is 1.69. The van der Waals surface area contributed by atoms with Crippen LogP contribution in [0.2, 0.25) is 0 Å². The van der Waals surface area contributed by atoms with E-state index in [-0.39, 0.29) is 11.9 Å². The van der Waals surface area contributed by atoms with Gasteiger partial charge >= 0.3 is 0 Å². The normalized spacial score (nSPS) is 11.5. The molecule has 13 heavy (non-hydrogen) atoms. The summed E-state index contributed by atoms with van der Waals surface area (Å²) < 4.78 is 17.5. The van der Waals surface area contributed by atoms with Gasteiger partial charge in [0.2, 0.25) is 0 Å². The van der Waals surface area contributed by atoms with Crippen molar-refractivity contribution in [3.63, 3.8) is 0 Å². The van der Waals surface area contributed by atoms with Gasteiger partial charge in [0.15, 0.2) is 0 Å². The molecule has 0 spiro atoms. The molecule has 0 aliphatic heterocycles. The minimum atomic E-state index is -0.211. The van der Waals surface area contributed by atoms with Gasteiger partial charge in [-0.05, 0) is 24.6 Å². The second-order valence-corrected chi connectivity index (χ2v) is 2.43. The van der Waals surface area contributed by atoms with Crippen LogP contribution in [-0.2, 0) is 4.74 Å². The van der Waals surface area contributed by atoms with Crippen molar-refractivity contribution < 1.29 is 9.13 Å². The summed E-state index contributed by atoms with van der Waals surface area (Å²) in [7, 11) is 1.63. The number of halogens is 1. The molecular formula is C11H17FO. The van der Waals surface area contributed by atoms with Crippen LogP contribution < -0.4 is 0 Å². The van der Waals surface area contributed by atoms with Crippen LogP contribution in [0.1, 0.15) is 32.4 Å². The summed E-state index contributed by atoms with van der Waals surface area (Å²) in [5.74, 6) is -0.211. The maximum atomic E-state index is 12.4. The van der Waals surface area contributed by atoms with Crippen LogP contribution in [0.3, 0.4) is 0 Å². The van der Waals surface area contributed by atoms with Crippen molar-refractivity contribution in [2.24, 2.45) is 0 Å². The first kappa shape index (κ1) is 12.1. The number of methoxy groups -OCH3 is 1. The Bertz CT molecular complexity index is 218. The third kappa shape index (κ3) is 4.04. The lowest BCUT2D eigenvalue weighted by atomic mass is 10.1. The minimum absolute atomic E-state index is 0.0376. The molecule has 0 bridgehead atoms. The van der Waals surface area contributed by atoms with E-state index in [1.165, 1.54) is 12.1 Å². The van der Waals surface area contributed by atoms with Gasteiger partial charge in [-0.1, -0.05) is 26.0 Å². The number of rotatable bonds is 2. The summed E-state index contributed by atoms with van der Waals surface area (Å²) in [6.45, 7) is 5.92. The lowest BCUT2D eigenvalue weighted by Crippen LogP contribution is -1.94. The van der Waals surface area contributed by atoms with Crippen molar-refractivity contribution in [1.82, 2.24) is 0 Å². The Morgan fingerprint density at radius 3 is 2.00 bits per heavy atom. The Morgan fingerprint density at radius 1 is 1.15 bits per heavy atom. The highest BCUT2D eigenvalue weighted by molar-refractivity contribution is 5.17. The Kier molecular flexibility index (Phi) is 6.15. The van der Waals surface area contributed by atoms with Crippen LogP contribution in [0.4, 0.5) is 4.39 Å². The third-order valence-corrected chi connectivity index (χ3v) is 1.69. The van der Waals surface area contributed by atoms with E-state index < -0.39 is 0 Å². The summed E-state index contributed by atoms with van der Waals surface area (Å²) in [5.41, 5.74) is 0.994. The van der Waals surface area contributed by atoms with Crippen molar-refractivity contribution in [1.29, 1.82) is 0 Å². The van der Waals surface area contributed by atoms with Gasteiger partial charge in [-0.2, -0.15) is 0 Å². The second-order valence-electron chi connectivity index (χ2n) is 2.43. The fraction of sp³-hybridized carbons (Fsp3) is 0.455. The monoisotopic (exact) mass is 184 g/mol. The molecule has 0 radical (unpaired) electrons. The van der Waals surface area contributed by atoms with Gasteiger partial charge in [0, 0.05) is 7.11 Å². The first-order valence-corrected chi connectivity index (χ1v) is 4.52. The highest BCUT2D eigenvalue weighted by Crippen LogP contribution is 2.15. The van der Waals surface area contributed by atoms with E-state index in [0.717, 1.165) is 5.56 Å². The number of ether oxygens (including phenoxy) is 1. The molecule has 74 valence electrons. The summed E-state index contributed by atoms with van der Waals surface area (Å²) in [4.78, 5) is 0. The van der Waals surface area contributed by atoms with E-state index in [0.29, 0.717) is 0 Å². The van der Waals surface area contributed by atoms with Crippen molar-refractivity contribution in [2.45, 2.75) is 26.9 Å². The maximum absolute atomic E-state index is 12.4. The predicted octanol–water partition coefficient (Wildman–Crippen LogP) is 3.56. The van der Waals surface area contributed by atoms with Gasteiger partial charge in [0.05, 0.1) is 6.10 Å². The predicted molar refractivity (Wildman–Crippen MR) is 53.2 cm³/mol. The lowest BCUT2D eigenvalue weighted by Gasteiger charge is -2.08. The molecule has 0 aromatic heterocycles. The minimum Gasteiger partial charge on any atom is -0.377 e. The summed E-state index contributed by atoms with van der Waals surface area (Å²) in [6, 6.07) is 6.32. The quantitative estimate of drug-likeness (QED) is 0.682. The molecule has 0 amide bonds. The average molecular weight is 184 g/mol. The fourth-order valence-corrected chi connectivity index (χ4v) is 0.870. The molecule has 1 rings (SSSR count). The Labute approximate surface area is 79.5 Å². The summed E-state index contributed by atoms with van der Waals surface area (Å²) in [5, 5.41) is 0. The largest absolute Gasteiger partial charge is 0.377 e. The number of hydrogen-bond donors (Lipinski definition) is 0. The van der Waals surface area contributed by atoms with E-state index in [9.17, 15) is 4.39 Å². The van der Waals surface area contributed by atoms with E-state index in [2.05, 4.69) is 0 Å². The van der Waals surface area contributed by atoms with Crippen molar-refractivity contribution >= 4 is 0 Å². The van der Waals surface area contributed by atoms with Gasteiger partial charge < -0.3 is 4.74 Å². The van der Waals surface area contributed by atoms with Crippen LogP contribution in [0.5, 0.6) is 0 Å². The fourth-order valence-electron chi connectivity index (χ4n) is 0.870. The molecule has 0 aliphatic rings. The molecule has 2 heteroatoms. The zero-order valence-electron chi connectivity index (χ0n) is 8.67. The number of hydrogen-bond acceptors (Lipinski definition) is 1. The SMILES string of the molecule is CC.COC(C)c1ccc(F)cc1.